The average molecular weight is 333 g/mol. The van der Waals surface area contributed by atoms with Crippen LogP contribution in [0.25, 0.3) is 11.1 Å². The van der Waals surface area contributed by atoms with Crippen LogP contribution >= 0.6 is 0 Å². The zero-order valence-electron chi connectivity index (χ0n) is 13.6. The number of hydrogen-bond acceptors (Lipinski definition) is 4. The number of rotatable bonds is 4. The quantitative estimate of drug-likeness (QED) is 0.622. The van der Waals surface area contributed by atoms with E-state index >= 15 is 0 Å². The fourth-order valence-corrected chi connectivity index (χ4v) is 2.49. The third kappa shape index (κ3) is 4.09. The molecular formula is C20H19N3O2. The van der Waals surface area contributed by atoms with E-state index in [1.807, 2.05) is 54.6 Å². The molecule has 0 aliphatic carbocycles. The molecule has 0 bridgehead atoms. The summed E-state index contributed by atoms with van der Waals surface area (Å²) in [6.45, 7) is 0.208. The summed E-state index contributed by atoms with van der Waals surface area (Å²) < 4.78 is 5.23. The van der Waals surface area contributed by atoms with Gasteiger partial charge in [-0.1, -0.05) is 48.5 Å². The van der Waals surface area contributed by atoms with Crippen molar-refractivity contribution in [2.45, 2.75) is 6.61 Å². The van der Waals surface area contributed by atoms with Gasteiger partial charge in [-0.15, -0.1) is 0 Å². The van der Waals surface area contributed by atoms with Gasteiger partial charge in [0.25, 0.3) is 0 Å². The molecule has 3 aromatic rings. The van der Waals surface area contributed by atoms with Gasteiger partial charge >= 0.3 is 6.09 Å². The van der Waals surface area contributed by atoms with Crippen LogP contribution in [0.1, 0.15) is 5.56 Å². The number of nitrogens with two attached hydrogens (primary N) is 2. The first-order valence-electron chi connectivity index (χ1n) is 7.85. The Labute approximate surface area is 146 Å². The minimum atomic E-state index is -0.527. The second-order valence-electron chi connectivity index (χ2n) is 5.58. The van der Waals surface area contributed by atoms with Crippen LogP contribution in [-0.2, 0) is 11.3 Å². The highest BCUT2D eigenvalue weighted by Gasteiger charge is 2.09. The molecule has 0 spiro atoms. The Morgan fingerprint density at radius 3 is 2.28 bits per heavy atom. The van der Waals surface area contributed by atoms with Crippen LogP contribution in [0.2, 0.25) is 0 Å². The van der Waals surface area contributed by atoms with E-state index in [9.17, 15) is 4.79 Å². The van der Waals surface area contributed by atoms with Gasteiger partial charge in [0, 0.05) is 28.2 Å². The summed E-state index contributed by atoms with van der Waals surface area (Å²) >= 11 is 0. The number of carbonyl (C=O) groups excluding carboxylic acids is 1. The highest BCUT2D eigenvalue weighted by Crippen LogP contribution is 2.32. The zero-order valence-corrected chi connectivity index (χ0v) is 13.6. The van der Waals surface area contributed by atoms with E-state index in [-0.39, 0.29) is 6.61 Å². The Hall–Kier alpha value is -3.47. The second-order valence-corrected chi connectivity index (χ2v) is 5.58. The number of nitrogen functional groups attached to an aromatic ring is 2. The molecule has 0 fully saturated rings. The standard InChI is InChI=1S/C20H19N3O2/c21-18-9-5-4-8-16(18)17-12-15(10-11-19(17)22)23-20(24)25-13-14-6-2-1-3-7-14/h1-12H,13,21-22H2,(H,23,24). The number of para-hydroxylation sites is 1. The fraction of sp³-hybridized carbons (Fsp3) is 0.0500. The number of nitrogens with one attached hydrogen (secondary N) is 1. The molecule has 1 amide bonds. The monoisotopic (exact) mass is 333 g/mol. The minimum absolute atomic E-state index is 0.208. The molecule has 0 atom stereocenters. The lowest BCUT2D eigenvalue weighted by Crippen LogP contribution is -2.13. The Morgan fingerprint density at radius 2 is 1.52 bits per heavy atom. The maximum Gasteiger partial charge on any atom is 0.411 e. The number of amides is 1. The molecule has 0 saturated heterocycles. The Balaban J connectivity index is 1.72. The first-order valence-corrected chi connectivity index (χ1v) is 7.85. The van der Waals surface area contributed by atoms with Gasteiger partial charge in [0.1, 0.15) is 6.61 Å². The van der Waals surface area contributed by atoms with E-state index < -0.39 is 6.09 Å². The molecule has 5 nitrogen and oxygen atoms in total. The topological polar surface area (TPSA) is 90.4 Å². The molecule has 5 N–H and O–H groups in total. The lowest BCUT2D eigenvalue weighted by atomic mass is 10.0. The van der Waals surface area contributed by atoms with Crippen molar-refractivity contribution in [1.29, 1.82) is 0 Å². The predicted molar refractivity (Wildman–Crippen MR) is 101 cm³/mol. The lowest BCUT2D eigenvalue weighted by molar-refractivity contribution is 0.155. The van der Waals surface area contributed by atoms with Crippen molar-refractivity contribution >= 4 is 23.2 Å². The smallest absolute Gasteiger partial charge is 0.411 e. The first kappa shape index (κ1) is 16.4. The summed E-state index contributed by atoms with van der Waals surface area (Å²) in [6, 6.07) is 22.2. The SMILES string of the molecule is Nc1ccccc1-c1cc(NC(=O)OCc2ccccc2)ccc1N. The van der Waals surface area contributed by atoms with Gasteiger partial charge in [-0.25, -0.2) is 4.79 Å². The molecule has 0 aliphatic heterocycles. The molecular weight excluding hydrogens is 314 g/mol. The zero-order chi connectivity index (χ0) is 17.6. The fourth-order valence-electron chi connectivity index (χ4n) is 2.49. The van der Waals surface area contributed by atoms with E-state index in [4.69, 9.17) is 16.2 Å². The molecule has 3 aromatic carbocycles. The summed E-state index contributed by atoms with van der Waals surface area (Å²) in [6.07, 6.45) is -0.527. The first-order chi connectivity index (χ1) is 12.1. The highest BCUT2D eigenvalue weighted by molar-refractivity contribution is 5.90. The summed E-state index contributed by atoms with van der Waals surface area (Å²) in [4.78, 5) is 12.0. The highest BCUT2D eigenvalue weighted by atomic mass is 16.5. The molecule has 3 rings (SSSR count). The summed E-state index contributed by atoms with van der Waals surface area (Å²) in [5, 5.41) is 2.71. The van der Waals surface area contributed by atoms with E-state index in [1.165, 1.54) is 0 Å². The van der Waals surface area contributed by atoms with Gasteiger partial charge in [-0.3, -0.25) is 5.32 Å². The molecule has 25 heavy (non-hydrogen) atoms. The Bertz CT molecular complexity index is 879. The van der Waals surface area contributed by atoms with Crippen LogP contribution in [-0.4, -0.2) is 6.09 Å². The van der Waals surface area contributed by atoms with Crippen LogP contribution in [0, 0.1) is 0 Å². The van der Waals surface area contributed by atoms with Crippen molar-refractivity contribution < 1.29 is 9.53 Å². The molecule has 0 saturated carbocycles. The molecule has 0 aromatic heterocycles. The number of hydrogen-bond donors (Lipinski definition) is 3. The van der Waals surface area contributed by atoms with Gasteiger partial charge in [0.2, 0.25) is 0 Å². The minimum Gasteiger partial charge on any atom is -0.444 e. The molecule has 5 heteroatoms. The van der Waals surface area contributed by atoms with Crippen LogP contribution in [0.3, 0.4) is 0 Å². The molecule has 126 valence electrons. The van der Waals surface area contributed by atoms with Crippen molar-refractivity contribution in [3.63, 3.8) is 0 Å². The van der Waals surface area contributed by atoms with Gasteiger partial charge in [0.05, 0.1) is 0 Å². The maximum atomic E-state index is 12.0. The Morgan fingerprint density at radius 1 is 0.840 bits per heavy atom. The summed E-state index contributed by atoms with van der Waals surface area (Å²) in [5.74, 6) is 0. The molecule has 0 heterocycles. The number of carbonyl (C=O) groups is 1. The molecule has 0 radical (unpaired) electrons. The normalized spacial score (nSPS) is 10.2. The van der Waals surface area contributed by atoms with Gasteiger partial charge < -0.3 is 16.2 Å². The summed E-state index contributed by atoms with van der Waals surface area (Å²) in [5.41, 5.74) is 16.4. The summed E-state index contributed by atoms with van der Waals surface area (Å²) in [7, 11) is 0. The predicted octanol–water partition coefficient (Wildman–Crippen LogP) is 4.27. The molecule has 0 unspecified atom stereocenters. The van der Waals surface area contributed by atoms with Gasteiger partial charge in [-0.05, 0) is 29.8 Å². The van der Waals surface area contributed by atoms with E-state index in [2.05, 4.69) is 5.32 Å². The van der Waals surface area contributed by atoms with Crippen LogP contribution < -0.4 is 16.8 Å². The number of ether oxygens (including phenoxy) is 1. The third-order valence-corrected chi connectivity index (χ3v) is 3.76. The maximum absolute atomic E-state index is 12.0. The van der Waals surface area contributed by atoms with Crippen molar-refractivity contribution in [1.82, 2.24) is 0 Å². The number of anilines is 3. The number of benzene rings is 3. The molecule has 0 aliphatic rings. The van der Waals surface area contributed by atoms with Crippen molar-refractivity contribution in [3.05, 3.63) is 78.4 Å². The van der Waals surface area contributed by atoms with E-state index in [1.54, 1.807) is 18.2 Å². The van der Waals surface area contributed by atoms with Crippen LogP contribution in [0.15, 0.2) is 72.8 Å². The van der Waals surface area contributed by atoms with E-state index in [0.717, 1.165) is 16.7 Å². The largest absolute Gasteiger partial charge is 0.444 e. The van der Waals surface area contributed by atoms with Gasteiger partial charge in [0.15, 0.2) is 0 Å². The second kappa shape index (κ2) is 7.40. The van der Waals surface area contributed by atoms with Crippen molar-refractivity contribution in [3.8, 4) is 11.1 Å². The lowest BCUT2D eigenvalue weighted by Gasteiger charge is -2.12. The average Bonchev–Trinajstić information content (AvgIpc) is 2.63. The Kier molecular flexibility index (Phi) is 4.85. The van der Waals surface area contributed by atoms with Crippen molar-refractivity contribution in [2.75, 3.05) is 16.8 Å². The van der Waals surface area contributed by atoms with Crippen LogP contribution in [0.4, 0.5) is 21.9 Å². The van der Waals surface area contributed by atoms with Gasteiger partial charge in [-0.2, -0.15) is 0 Å². The van der Waals surface area contributed by atoms with Crippen LogP contribution in [0.5, 0.6) is 0 Å². The van der Waals surface area contributed by atoms with Crippen molar-refractivity contribution in [2.24, 2.45) is 0 Å². The third-order valence-electron chi connectivity index (χ3n) is 3.76. The van der Waals surface area contributed by atoms with E-state index in [0.29, 0.717) is 17.1 Å².